The fourth-order valence-electron chi connectivity index (χ4n) is 0.779. The van der Waals surface area contributed by atoms with E-state index in [1.54, 1.807) is 0 Å². The zero-order valence-corrected chi connectivity index (χ0v) is 5.26. The molecule has 0 amide bonds. The van der Waals surface area contributed by atoms with E-state index in [0.717, 1.165) is 6.54 Å². The third-order valence-electron chi connectivity index (χ3n) is 1.36. The number of aliphatic hydroxyl groups excluding tert-OH is 1. The monoisotopic (exact) mass is 127 g/mol. The molecule has 2 N–H and O–H groups in total. The van der Waals surface area contributed by atoms with Gasteiger partial charge in [-0.2, -0.15) is 0 Å². The summed E-state index contributed by atoms with van der Waals surface area (Å²) in [5, 5.41) is 11.7. The van der Waals surface area contributed by atoms with Gasteiger partial charge in [-0.05, 0) is 0 Å². The van der Waals surface area contributed by atoms with Crippen molar-refractivity contribution in [1.82, 2.24) is 5.32 Å². The van der Waals surface area contributed by atoms with Crippen LogP contribution in [-0.2, 0) is 4.74 Å². The van der Waals surface area contributed by atoms with Crippen molar-refractivity contribution in [2.45, 2.75) is 5.50 Å². The van der Waals surface area contributed by atoms with Crippen molar-refractivity contribution >= 4 is 7.85 Å². The van der Waals surface area contributed by atoms with Crippen LogP contribution in [0.25, 0.3) is 0 Å². The van der Waals surface area contributed by atoms with Crippen molar-refractivity contribution < 1.29 is 9.84 Å². The van der Waals surface area contributed by atoms with Gasteiger partial charge in [-0.1, -0.05) is 0 Å². The molecule has 1 aliphatic heterocycles. The van der Waals surface area contributed by atoms with Crippen LogP contribution in [0.1, 0.15) is 0 Å². The first kappa shape index (κ1) is 7.06. The molecule has 3 nitrogen and oxygen atoms in total. The molecule has 0 aliphatic carbocycles. The molecule has 0 aromatic rings. The zero-order valence-electron chi connectivity index (χ0n) is 5.26. The van der Waals surface area contributed by atoms with Crippen LogP contribution in [0.2, 0.25) is 0 Å². The minimum absolute atomic E-state index is 0.125. The third-order valence-corrected chi connectivity index (χ3v) is 1.36. The van der Waals surface area contributed by atoms with Crippen LogP contribution in [-0.4, -0.2) is 44.8 Å². The van der Waals surface area contributed by atoms with Gasteiger partial charge in [0.2, 0.25) is 0 Å². The van der Waals surface area contributed by atoms with Gasteiger partial charge < -0.3 is 15.2 Å². The van der Waals surface area contributed by atoms with E-state index in [-0.39, 0.29) is 6.61 Å². The van der Waals surface area contributed by atoms with Crippen molar-refractivity contribution in [3.05, 3.63) is 0 Å². The summed E-state index contributed by atoms with van der Waals surface area (Å²) < 4.78 is 5.08. The summed E-state index contributed by atoms with van der Waals surface area (Å²) in [6, 6.07) is 0. The first-order chi connectivity index (χ1) is 4.27. The van der Waals surface area contributed by atoms with Gasteiger partial charge in [0.1, 0.15) is 7.85 Å². The molecule has 0 aromatic heterocycles. The maximum atomic E-state index is 8.66. The Labute approximate surface area is 55.8 Å². The maximum absolute atomic E-state index is 8.66. The topological polar surface area (TPSA) is 41.5 Å². The highest BCUT2D eigenvalue weighted by Gasteiger charge is 2.25. The van der Waals surface area contributed by atoms with Gasteiger partial charge in [0.25, 0.3) is 0 Å². The Morgan fingerprint density at radius 2 is 2.56 bits per heavy atom. The lowest BCUT2D eigenvalue weighted by atomic mass is 9.81. The molecule has 1 atom stereocenters. The van der Waals surface area contributed by atoms with E-state index in [0.29, 0.717) is 13.2 Å². The minimum atomic E-state index is -0.835. The highest BCUT2D eigenvalue weighted by atomic mass is 16.5. The van der Waals surface area contributed by atoms with Gasteiger partial charge in [0.05, 0.1) is 18.7 Å². The highest BCUT2D eigenvalue weighted by Crippen LogP contribution is 2.05. The average molecular weight is 127 g/mol. The molecule has 4 heteroatoms. The van der Waals surface area contributed by atoms with Crippen molar-refractivity contribution in [2.24, 2.45) is 0 Å². The second kappa shape index (κ2) is 2.69. The molecule has 1 fully saturated rings. The Balaban J connectivity index is 2.37. The predicted octanol–water partition coefficient (Wildman–Crippen LogP) is -1.54. The van der Waals surface area contributed by atoms with Crippen LogP contribution < -0.4 is 5.32 Å². The average Bonchev–Trinajstić information content (AvgIpc) is 1.90. The van der Waals surface area contributed by atoms with E-state index < -0.39 is 5.50 Å². The Hall–Kier alpha value is -0.0551. The van der Waals surface area contributed by atoms with Crippen LogP contribution in [0.3, 0.4) is 0 Å². The Morgan fingerprint density at radius 1 is 1.78 bits per heavy atom. The molecule has 1 saturated heterocycles. The number of nitrogens with one attached hydrogen (secondary N) is 1. The molecule has 0 saturated carbocycles. The lowest BCUT2D eigenvalue weighted by Gasteiger charge is -2.33. The van der Waals surface area contributed by atoms with E-state index in [1.165, 1.54) is 0 Å². The number of hydrogen-bond donors (Lipinski definition) is 2. The van der Waals surface area contributed by atoms with Gasteiger partial charge in [0.15, 0.2) is 0 Å². The number of aliphatic hydroxyl groups is 1. The van der Waals surface area contributed by atoms with Crippen molar-refractivity contribution in [1.29, 1.82) is 0 Å². The van der Waals surface area contributed by atoms with Gasteiger partial charge in [0, 0.05) is 13.1 Å². The van der Waals surface area contributed by atoms with Gasteiger partial charge in [-0.3, -0.25) is 0 Å². The Kier molecular flexibility index (Phi) is 2.11. The summed E-state index contributed by atoms with van der Waals surface area (Å²) in [4.78, 5) is 0. The van der Waals surface area contributed by atoms with E-state index in [2.05, 4.69) is 5.32 Å². The largest absolute Gasteiger partial charge is 0.394 e. The summed E-state index contributed by atoms with van der Waals surface area (Å²) in [5.74, 6) is 0. The van der Waals surface area contributed by atoms with Crippen LogP contribution in [0.4, 0.5) is 0 Å². The standard InChI is InChI=1S/C5H10BNO2/c6-5(4-8)3-7-1-2-9-5/h7-8H,1-4H2. The first-order valence-electron chi connectivity index (χ1n) is 3.01. The smallest absolute Gasteiger partial charge is 0.118 e. The summed E-state index contributed by atoms with van der Waals surface area (Å²) >= 11 is 0. The fraction of sp³-hybridized carbons (Fsp3) is 1.00. The van der Waals surface area contributed by atoms with E-state index in [1.807, 2.05) is 0 Å². The summed E-state index contributed by atoms with van der Waals surface area (Å²) in [5.41, 5.74) is -0.835. The first-order valence-corrected chi connectivity index (χ1v) is 3.01. The molecule has 1 aliphatic rings. The van der Waals surface area contributed by atoms with Crippen LogP contribution in [0.15, 0.2) is 0 Å². The SMILES string of the molecule is [B]C1(CO)CNCCO1. The molecule has 0 spiro atoms. The number of ether oxygens (including phenoxy) is 1. The van der Waals surface area contributed by atoms with Crippen molar-refractivity contribution in [3.63, 3.8) is 0 Å². The summed E-state index contributed by atoms with van der Waals surface area (Å²) in [7, 11) is 5.52. The van der Waals surface area contributed by atoms with E-state index >= 15 is 0 Å². The van der Waals surface area contributed by atoms with Crippen molar-refractivity contribution in [3.8, 4) is 0 Å². The van der Waals surface area contributed by atoms with Crippen LogP contribution in [0, 0.1) is 0 Å². The molecular weight excluding hydrogens is 117 g/mol. The number of hydrogen-bond acceptors (Lipinski definition) is 3. The zero-order chi connectivity index (χ0) is 6.74. The van der Waals surface area contributed by atoms with Gasteiger partial charge in [-0.25, -0.2) is 0 Å². The number of morpholine rings is 1. The Morgan fingerprint density at radius 3 is 2.89 bits per heavy atom. The van der Waals surface area contributed by atoms with Crippen molar-refractivity contribution in [2.75, 3.05) is 26.3 Å². The molecule has 0 bridgehead atoms. The second-order valence-electron chi connectivity index (χ2n) is 2.25. The minimum Gasteiger partial charge on any atom is -0.394 e. The molecule has 1 rings (SSSR count). The molecule has 50 valence electrons. The highest BCUT2D eigenvalue weighted by molar-refractivity contribution is 6.14. The molecule has 9 heavy (non-hydrogen) atoms. The van der Waals surface area contributed by atoms with Crippen LogP contribution >= 0.6 is 0 Å². The summed E-state index contributed by atoms with van der Waals surface area (Å²) in [6.07, 6.45) is 0. The second-order valence-corrected chi connectivity index (χ2v) is 2.25. The normalized spacial score (nSPS) is 36.6. The lowest BCUT2D eigenvalue weighted by Crippen LogP contribution is -2.52. The molecule has 1 unspecified atom stereocenters. The van der Waals surface area contributed by atoms with E-state index in [9.17, 15) is 0 Å². The lowest BCUT2D eigenvalue weighted by molar-refractivity contribution is -0.0383. The maximum Gasteiger partial charge on any atom is 0.118 e. The third kappa shape index (κ3) is 1.68. The quantitative estimate of drug-likeness (QED) is 0.419. The van der Waals surface area contributed by atoms with Gasteiger partial charge >= 0.3 is 0 Å². The molecule has 2 radical (unpaired) electrons. The predicted molar refractivity (Wildman–Crippen MR) is 34.4 cm³/mol. The van der Waals surface area contributed by atoms with Crippen LogP contribution in [0.5, 0.6) is 0 Å². The fourth-order valence-corrected chi connectivity index (χ4v) is 0.779. The number of rotatable bonds is 1. The van der Waals surface area contributed by atoms with E-state index in [4.69, 9.17) is 17.7 Å². The molecule has 0 aromatic carbocycles. The Bertz CT molecular complexity index is 93.0. The summed E-state index contributed by atoms with van der Waals surface area (Å²) in [6.45, 7) is 1.81. The van der Waals surface area contributed by atoms with Gasteiger partial charge in [-0.15, -0.1) is 0 Å². The molecule has 1 heterocycles. The molecular formula is C5H10BNO2.